The fourth-order valence-electron chi connectivity index (χ4n) is 2.90. The van der Waals surface area contributed by atoms with E-state index in [0.717, 1.165) is 14.7 Å². The highest BCUT2D eigenvalue weighted by Gasteiger charge is 2.14. The van der Waals surface area contributed by atoms with Gasteiger partial charge in [0.15, 0.2) is 11.5 Å². The molecule has 0 atom stereocenters. The van der Waals surface area contributed by atoms with Gasteiger partial charge >= 0.3 is 0 Å². The molecular weight excluding hydrogens is 523 g/mol. The standard InChI is InChI=1S/C24H23IN2O5/c1-29-18-9-10-19(21(13-18)30-2)24(28)27-26-14-17-11-20(25)23(22(12-17)31-3)32-15-16-7-5-4-6-8-16/h4-14H,15H2,1-3H3,(H,27,28)/b26-14-. The molecular formula is C24H23IN2O5. The summed E-state index contributed by atoms with van der Waals surface area (Å²) in [5, 5.41) is 4.06. The first-order valence-corrected chi connectivity index (χ1v) is 10.7. The van der Waals surface area contributed by atoms with Gasteiger partial charge in [0, 0.05) is 6.07 Å². The number of ether oxygens (including phenoxy) is 4. The van der Waals surface area contributed by atoms with Gasteiger partial charge in [0.2, 0.25) is 0 Å². The van der Waals surface area contributed by atoms with Crippen LogP contribution in [0.5, 0.6) is 23.0 Å². The van der Waals surface area contributed by atoms with Crippen LogP contribution in [0, 0.1) is 3.57 Å². The van der Waals surface area contributed by atoms with E-state index in [9.17, 15) is 4.79 Å². The van der Waals surface area contributed by atoms with E-state index in [1.165, 1.54) is 7.11 Å². The normalized spacial score (nSPS) is 10.6. The van der Waals surface area contributed by atoms with Crippen molar-refractivity contribution in [3.05, 3.63) is 80.9 Å². The van der Waals surface area contributed by atoms with Gasteiger partial charge in [0.1, 0.15) is 18.1 Å². The Balaban J connectivity index is 1.70. The molecule has 1 N–H and O–H groups in total. The molecule has 0 aromatic heterocycles. The smallest absolute Gasteiger partial charge is 0.275 e. The van der Waals surface area contributed by atoms with Gasteiger partial charge in [-0.25, -0.2) is 5.43 Å². The number of hydrogen-bond acceptors (Lipinski definition) is 6. The van der Waals surface area contributed by atoms with E-state index in [0.29, 0.717) is 35.2 Å². The fraction of sp³-hybridized carbons (Fsp3) is 0.167. The maximum atomic E-state index is 12.5. The minimum absolute atomic E-state index is 0.349. The third-order valence-corrected chi connectivity index (χ3v) is 5.31. The van der Waals surface area contributed by atoms with Crippen LogP contribution in [0.1, 0.15) is 21.5 Å². The number of nitrogens with zero attached hydrogens (tertiary/aromatic N) is 1. The van der Waals surface area contributed by atoms with Gasteiger partial charge in [-0.05, 0) is 58.0 Å². The molecule has 0 aliphatic carbocycles. The highest BCUT2D eigenvalue weighted by Crippen LogP contribution is 2.34. The summed E-state index contributed by atoms with van der Waals surface area (Å²) in [6, 6.07) is 18.5. The molecule has 3 rings (SSSR count). The van der Waals surface area contributed by atoms with Gasteiger partial charge in [-0.2, -0.15) is 5.10 Å². The predicted octanol–water partition coefficient (Wildman–Crippen LogP) is 4.66. The van der Waals surface area contributed by atoms with Gasteiger partial charge in [-0.1, -0.05) is 30.3 Å². The number of benzene rings is 3. The van der Waals surface area contributed by atoms with Crippen LogP contribution in [-0.2, 0) is 6.61 Å². The lowest BCUT2D eigenvalue weighted by atomic mass is 10.2. The average molecular weight is 546 g/mol. The highest BCUT2D eigenvalue weighted by atomic mass is 127. The Bertz CT molecular complexity index is 1100. The van der Waals surface area contributed by atoms with Crippen LogP contribution < -0.4 is 24.4 Å². The minimum Gasteiger partial charge on any atom is -0.497 e. The summed E-state index contributed by atoms with van der Waals surface area (Å²) >= 11 is 2.19. The molecule has 1 amide bonds. The molecule has 0 aliphatic rings. The summed E-state index contributed by atoms with van der Waals surface area (Å²) in [6.45, 7) is 0.431. The summed E-state index contributed by atoms with van der Waals surface area (Å²) < 4.78 is 22.7. The quantitative estimate of drug-likeness (QED) is 0.240. The fourth-order valence-corrected chi connectivity index (χ4v) is 3.68. The molecule has 0 aliphatic heterocycles. The molecule has 3 aromatic carbocycles. The Morgan fingerprint density at radius 1 is 0.969 bits per heavy atom. The van der Waals surface area contributed by atoms with Crippen LogP contribution >= 0.6 is 22.6 Å². The van der Waals surface area contributed by atoms with Crippen molar-refractivity contribution in [3.8, 4) is 23.0 Å². The minimum atomic E-state index is -0.398. The zero-order chi connectivity index (χ0) is 22.9. The van der Waals surface area contributed by atoms with E-state index in [1.807, 2.05) is 36.4 Å². The SMILES string of the molecule is COc1ccc(C(=O)N/N=C\c2cc(I)c(OCc3ccccc3)c(OC)c2)c(OC)c1. The summed E-state index contributed by atoms with van der Waals surface area (Å²) in [4.78, 5) is 12.5. The number of rotatable bonds is 9. The predicted molar refractivity (Wildman–Crippen MR) is 131 cm³/mol. The van der Waals surface area contributed by atoms with Crippen molar-refractivity contribution in [3.63, 3.8) is 0 Å². The van der Waals surface area contributed by atoms with Gasteiger partial charge in [0.05, 0.1) is 36.7 Å². The van der Waals surface area contributed by atoms with E-state index >= 15 is 0 Å². The molecule has 0 saturated heterocycles. The molecule has 7 nitrogen and oxygen atoms in total. The molecule has 0 bridgehead atoms. The van der Waals surface area contributed by atoms with Gasteiger partial charge in [-0.15, -0.1) is 0 Å². The van der Waals surface area contributed by atoms with Crippen LogP contribution in [-0.4, -0.2) is 33.5 Å². The van der Waals surface area contributed by atoms with Gasteiger partial charge in [-0.3, -0.25) is 4.79 Å². The maximum Gasteiger partial charge on any atom is 0.275 e. The van der Waals surface area contributed by atoms with Crippen LogP contribution in [0.4, 0.5) is 0 Å². The molecule has 0 radical (unpaired) electrons. The van der Waals surface area contributed by atoms with Crippen LogP contribution in [0.15, 0.2) is 65.8 Å². The largest absolute Gasteiger partial charge is 0.497 e. The number of hydrazone groups is 1. The topological polar surface area (TPSA) is 78.4 Å². The molecule has 32 heavy (non-hydrogen) atoms. The second-order valence-corrected chi connectivity index (χ2v) is 7.74. The van der Waals surface area contributed by atoms with Crippen LogP contribution in [0.3, 0.4) is 0 Å². The summed E-state index contributed by atoms with van der Waals surface area (Å²) in [5.74, 6) is 1.83. The van der Waals surface area contributed by atoms with Crippen molar-refractivity contribution >= 4 is 34.7 Å². The van der Waals surface area contributed by atoms with E-state index < -0.39 is 5.91 Å². The molecule has 0 fully saturated rings. The molecule has 0 unspecified atom stereocenters. The zero-order valence-electron chi connectivity index (χ0n) is 17.9. The lowest BCUT2D eigenvalue weighted by Gasteiger charge is -2.13. The second-order valence-electron chi connectivity index (χ2n) is 6.57. The van der Waals surface area contributed by atoms with Crippen LogP contribution in [0.25, 0.3) is 0 Å². The first kappa shape index (κ1) is 23.4. The van der Waals surface area contributed by atoms with E-state index in [-0.39, 0.29) is 0 Å². The monoisotopic (exact) mass is 546 g/mol. The number of nitrogens with one attached hydrogen (secondary N) is 1. The van der Waals surface area contributed by atoms with E-state index in [2.05, 4.69) is 33.1 Å². The number of hydrogen-bond donors (Lipinski definition) is 1. The number of carbonyl (C=O) groups is 1. The number of halogens is 1. The first-order chi connectivity index (χ1) is 15.5. The average Bonchev–Trinajstić information content (AvgIpc) is 2.83. The Hall–Kier alpha value is -3.27. The van der Waals surface area contributed by atoms with Crippen molar-refractivity contribution < 1.29 is 23.7 Å². The summed E-state index contributed by atoms with van der Waals surface area (Å²) in [7, 11) is 4.62. The van der Waals surface area contributed by atoms with E-state index in [4.69, 9.17) is 18.9 Å². The third kappa shape index (κ3) is 5.91. The molecule has 0 heterocycles. The van der Waals surface area contributed by atoms with Crippen molar-refractivity contribution in [1.82, 2.24) is 5.43 Å². The Kier molecular flexibility index (Phi) is 8.32. The van der Waals surface area contributed by atoms with Crippen molar-refractivity contribution in [1.29, 1.82) is 0 Å². The maximum absolute atomic E-state index is 12.5. The summed E-state index contributed by atoms with van der Waals surface area (Å²) in [6.07, 6.45) is 1.54. The Labute approximate surface area is 200 Å². The van der Waals surface area contributed by atoms with Crippen molar-refractivity contribution in [2.45, 2.75) is 6.61 Å². The Morgan fingerprint density at radius 3 is 2.41 bits per heavy atom. The van der Waals surface area contributed by atoms with Crippen molar-refractivity contribution in [2.24, 2.45) is 5.10 Å². The van der Waals surface area contributed by atoms with Gasteiger partial charge < -0.3 is 18.9 Å². The van der Waals surface area contributed by atoms with Crippen LogP contribution in [0.2, 0.25) is 0 Å². The second kappa shape index (κ2) is 11.4. The Morgan fingerprint density at radius 2 is 1.72 bits per heavy atom. The van der Waals surface area contributed by atoms with Gasteiger partial charge in [0.25, 0.3) is 5.91 Å². The first-order valence-electron chi connectivity index (χ1n) is 9.65. The molecule has 0 spiro atoms. The third-order valence-electron chi connectivity index (χ3n) is 4.51. The van der Waals surface area contributed by atoms with Crippen molar-refractivity contribution in [2.75, 3.05) is 21.3 Å². The summed E-state index contributed by atoms with van der Waals surface area (Å²) in [5.41, 5.74) is 4.68. The number of methoxy groups -OCH3 is 3. The zero-order valence-corrected chi connectivity index (χ0v) is 20.1. The molecule has 8 heteroatoms. The van der Waals surface area contributed by atoms with E-state index in [1.54, 1.807) is 44.7 Å². The number of amides is 1. The highest BCUT2D eigenvalue weighted by molar-refractivity contribution is 14.1. The molecule has 166 valence electrons. The molecule has 3 aromatic rings. The lowest BCUT2D eigenvalue weighted by molar-refractivity contribution is 0.0952. The number of carbonyl (C=O) groups excluding carboxylic acids is 1. The molecule has 0 saturated carbocycles. The lowest BCUT2D eigenvalue weighted by Crippen LogP contribution is -2.18.